The minimum atomic E-state index is -0.661. The smallest absolute Gasteiger partial charge is 0.413 e. The molecule has 2 rings (SSSR count). The number of nitriles is 1. The molecule has 1 amide bonds. The summed E-state index contributed by atoms with van der Waals surface area (Å²) in [5, 5.41) is 8.42. The highest BCUT2D eigenvalue weighted by Gasteiger charge is 2.38. The lowest BCUT2D eigenvalue weighted by Crippen LogP contribution is -2.38. The van der Waals surface area contributed by atoms with Crippen molar-refractivity contribution in [2.24, 2.45) is 0 Å². The van der Waals surface area contributed by atoms with E-state index in [-0.39, 0.29) is 13.3 Å². The number of carbonyl (C=O) groups is 2. The van der Waals surface area contributed by atoms with E-state index in [1.165, 1.54) is 11.0 Å². The van der Waals surface area contributed by atoms with Gasteiger partial charge in [0.05, 0.1) is 6.07 Å². The van der Waals surface area contributed by atoms with E-state index in [1.54, 1.807) is 6.08 Å². The van der Waals surface area contributed by atoms with Crippen LogP contribution in [-0.4, -0.2) is 29.7 Å². The van der Waals surface area contributed by atoms with E-state index in [2.05, 4.69) is 0 Å². The maximum absolute atomic E-state index is 12.1. The molecule has 0 bridgehead atoms. The first kappa shape index (κ1) is 15.6. The largest absolute Gasteiger partial charge is 0.444 e. The molecular weight excluding hydrogens is 284 g/mol. The van der Waals surface area contributed by atoms with Crippen LogP contribution in [0.3, 0.4) is 0 Å². The number of cyclic esters (lactones) is 1. The van der Waals surface area contributed by atoms with Gasteiger partial charge in [-0.25, -0.2) is 9.59 Å². The standard InChI is InChI=1S/C16H16N2O4/c17-10-6-2-5-9-14-15(19)22-12-18(14)16(20)21-11-13-7-3-1-4-8-13/h1-4,6-8,14H,5,9,11-12H2/b6-2+/t14-/m0/s1. The highest BCUT2D eigenvalue weighted by atomic mass is 16.6. The maximum Gasteiger partial charge on any atom is 0.413 e. The molecule has 22 heavy (non-hydrogen) atoms. The summed E-state index contributed by atoms with van der Waals surface area (Å²) < 4.78 is 10.1. The predicted octanol–water partition coefficient (Wildman–Crippen LogP) is 2.37. The fourth-order valence-corrected chi connectivity index (χ4v) is 2.09. The van der Waals surface area contributed by atoms with Crippen molar-refractivity contribution >= 4 is 12.1 Å². The lowest BCUT2D eigenvalue weighted by molar-refractivity contribution is -0.139. The van der Waals surface area contributed by atoms with Crippen LogP contribution in [-0.2, 0) is 20.9 Å². The Morgan fingerprint density at radius 2 is 2.23 bits per heavy atom. The summed E-state index contributed by atoms with van der Waals surface area (Å²) in [6, 6.07) is 10.5. The molecule has 0 aliphatic carbocycles. The van der Waals surface area contributed by atoms with E-state index in [1.807, 2.05) is 36.4 Å². The molecule has 1 heterocycles. The van der Waals surface area contributed by atoms with Gasteiger partial charge in [-0.1, -0.05) is 36.4 Å². The van der Waals surface area contributed by atoms with Gasteiger partial charge in [0.25, 0.3) is 0 Å². The van der Waals surface area contributed by atoms with Crippen molar-refractivity contribution in [3.63, 3.8) is 0 Å². The summed E-state index contributed by atoms with van der Waals surface area (Å²) >= 11 is 0. The van der Waals surface area contributed by atoms with Gasteiger partial charge in [-0.15, -0.1) is 0 Å². The Morgan fingerprint density at radius 1 is 1.45 bits per heavy atom. The summed E-state index contributed by atoms with van der Waals surface area (Å²) in [6.45, 7) is 0.0461. The van der Waals surface area contributed by atoms with Gasteiger partial charge in [-0.2, -0.15) is 5.26 Å². The van der Waals surface area contributed by atoms with Crippen LogP contribution in [0.5, 0.6) is 0 Å². The third-order valence-corrected chi connectivity index (χ3v) is 3.23. The molecule has 1 aliphatic rings. The highest BCUT2D eigenvalue weighted by Crippen LogP contribution is 2.18. The quantitative estimate of drug-likeness (QED) is 0.616. The first-order valence-electron chi connectivity index (χ1n) is 6.91. The number of hydrogen-bond donors (Lipinski definition) is 0. The molecule has 1 saturated heterocycles. The normalized spacial score (nSPS) is 17.3. The zero-order chi connectivity index (χ0) is 15.8. The van der Waals surface area contributed by atoms with E-state index < -0.39 is 18.1 Å². The second-order valence-corrected chi connectivity index (χ2v) is 4.73. The van der Waals surface area contributed by atoms with Gasteiger partial charge in [0.15, 0.2) is 6.73 Å². The Kier molecular flexibility index (Phi) is 5.55. The van der Waals surface area contributed by atoms with E-state index in [0.717, 1.165) is 5.56 Å². The van der Waals surface area contributed by atoms with Crippen molar-refractivity contribution in [2.45, 2.75) is 25.5 Å². The second kappa shape index (κ2) is 7.84. The minimum Gasteiger partial charge on any atom is -0.444 e. The summed E-state index contributed by atoms with van der Waals surface area (Å²) in [7, 11) is 0. The van der Waals surface area contributed by atoms with Crippen LogP contribution in [0.1, 0.15) is 18.4 Å². The minimum absolute atomic E-state index is 0.0981. The van der Waals surface area contributed by atoms with Gasteiger partial charge in [-0.05, 0) is 18.4 Å². The van der Waals surface area contributed by atoms with Gasteiger partial charge >= 0.3 is 12.1 Å². The lowest BCUT2D eigenvalue weighted by atomic mass is 10.1. The summed E-state index contributed by atoms with van der Waals surface area (Å²) in [5.41, 5.74) is 0.871. The SMILES string of the molecule is N#C/C=C/CC[C@H]1C(=O)OCN1C(=O)OCc1ccccc1. The first-order chi connectivity index (χ1) is 10.7. The Hall–Kier alpha value is -2.81. The van der Waals surface area contributed by atoms with Crippen molar-refractivity contribution < 1.29 is 19.1 Å². The lowest BCUT2D eigenvalue weighted by Gasteiger charge is -2.19. The molecule has 0 aromatic heterocycles. The van der Waals surface area contributed by atoms with Crippen molar-refractivity contribution in [1.82, 2.24) is 4.90 Å². The van der Waals surface area contributed by atoms with Crippen LogP contribution in [0.25, 0.3) is 0 Å². The number of allylic oxidation sites excluding steroid dienone is 2. The zero-order valence-electron chi connectivity index (χ0n) is 12.0. The van der Waals surface area contributed by atoms with Gasteiger partial charge in [0.2, 0.25) is 0 Å². The third kappa shape index (κ3) is 4.09. The first-order valence-corrected chi connectivity index (χ1v) is 6.91. The van der Waals surface area contributed by atoms with Crippen LogP contribution in [0.4, 0.5) is 4.79 Å². The number of hydrogen-bond acceptors (Lipinski definition) is 5. The number of benzene rings is 1. The fourth-order valence-electron chi connectivity index (χ4n) is 2.09. The average molecular weight is 300 g/mol. The van der Waals surface area contributed by atoms with Crippen molar-refractivity contribution in [1.29, 1.82) is 5.26 Å². The van der Waals surface area contributed by atoms with Crippen molar-refractivity contribution in [2.75, 3.05) is 6.73 Å². The number of carbonyl (C=O) groups excluding carboxylic acids is 2. The van der Waals surface area contributed by atoms with Crippen LogP contribution < -0.4 is 0 Å². The highest BCUT2D eigenvalue weighted by molar-refractivity contribution is 5.83. The number of ether oxygens (including phenoxy) is 2. The average Bonchev–Trinajstić information content (AvgIpc) is 2.91. The van der Waals surface area contributed by atoms with Crippen LogP contribution in [0.15, 0.2) is 42.5 Å². The number of amides is 1. The van der Waals surface area contributed by atoms with Gasteiger partial charge in [-0.3, -0.25) is 4.90 Å². The molecule has 1 atom stereocenters. The van der Waals surface area contributed by atoms with E-state index in [9.17, 15) is 9.59 Å². The maximum atomic E-state index is 12.1. The molecule has 0 saturated carbocycles. The second-order valence-electron chi connectivity index (χ2n) is 4.73. The molecule has 6 heteroatoms. The number of esters is 1. The Balaban J connectivity index is 1.88. The summed E-state index contributed by atoms with van der Waals surface area (Å²) in [4.78, 5) is 25.0. The molecule has 0 radical (unpaired) electrons. The molecule has 1 aliphatic heterocycles. The number of nitrogens with zero attached hydrogens (tertiary/aromatic N) is 2. The van der Waals surface area contributed by atoms with Gasteiger partial charge in [0, 0.05) is 6.08 Å². The molecule has 0 spiro atoms. The molecule has 1 aromatic rings. The van der Waals surface area contributed by atoms with E-state index >= 15 is 0 Å². The summed E-state index contributed by atoms with van der Waals surface area (Å²) in [5.74, 6) is -0.443. The van der Waals surface area contributed by atoms with Crippen LogP contribution in [0, 0.1) is 11.3 Å². The van der Waals surface area contributed by atoms with Crippen LogP contribution in [0.2, 0.25) is 0 Å². The van der Waals surface area contributed by atoms with Crippen molar-refractivity contribution in [3.8, 4) is 6.07 Å². The fraction of sp³-hybridized carbons (Fsp3) is 0.312. The summed E-state index contributed by atoms with van der Waals surface area (Å²) in [6.07, 6.45) is 3.33. The molecule has 1 aromatic carbocycles. The molecule has 6 nitrogen and oxygen atoms in total. The zero-order valence-corrected chi connectivity index (χ0v) is 12.0. The molecular formula is C16H16N2O4. The van der Waals surface area contributed by atoms with Gasteiger partial charge < -0.3 is 9.47 Å². The molecule has 0 unspecified atom stereocenters. The topological polar surface area (TPSA) is 79.6 Å². The van der Waals surface area contributed by atoms with Crippen molar-refractivity contribution in [3.05, 3.63) is 48.0 Å². The Morgan fingerprint density at radius 3 is 2.95 bits per heavy atom. The number of rotatable bonds is 5. The van der Waals surface area contributed by atoms with Crippen LogP contribution >= 0.6 is 0 Å². The van der Waals surface area contributed by atoms with Gasteiger partial charge in [0.1, 0.15) is 12.6 Å². The predicted molar refractivity (Wildman–Crippen MR) is 77.2 cm³/mol. The Bertz CT molecular complexity index is 592. The van der Waals surface area contributed by atoms with E-state index in [0.29, 0.717) is 12.8 Å². The van der Waals surface area contributed by atoms with E-state index in [4.69, 9.17) is 14.7 Å². The third-order valence-electron chi connectivity index (χ3n) is 3.23. The molecule has 1 fully saturated rings. The molecule has 114 valence electrons. The molecule has 0 N–H and O–H groups in total. The monoisotopic (exact) mass is 300 g/mol. The Labute approximate surface area is 128 Å².